The van der Waals surface area contributed by atoms with E-state index in [9.17, 15) is 4.79 Å². The van der Waals surface area contributed by atoms with Crippen LogP contribution < -0.4 is 11.1 Å². The Labute approximate surface area is 132 Å². The van der Waals surface area contributed by atoms with Gasteiger partial charge in [0.25, 0.3) is 0 Å². The molecule has 1 aromatic rings. The van der Waals surface area contributed by atoms with E-state index in [1.165, 1.54) is 12.8 Å². The molecule has 0 spiro atoms. The third kappa shape index (κ3) is 5.65. The van der Waals surface area contributed by atoms with Crippen LogP contribution in [0.25, 0.3) is 0 Å². The first-order chi connectivity index (χ1) is 9.69. The molecule has 3 N–H and O–H groups in total. The van der Waals surface area contributed by atoms with Crippen LogP contribution in [0, 0.1) is 5.92 Å². The second-order valence-electron chi connectivity index (χ2n) is 5.59. The minimum Gasteiger partial charge on any atom is -0.380 e. The number of hydrogen-bond donors (Lipinski definition) is 2. The van der Waals surface area contributed by atoms with Crippen LogP contribution in [0.15, 0.2) is 24.3 Å². The molecule has 21 heavy (non-hydrogen) atoms. The molecule has 118 valence electrons. The minimum absolute atomic E-state index is 0. The summed E-state index contributed by atoms with van der Waals surface area (Å²) in [6.07, 6.45) is 5.02. The number of halogens is 1. The summed E-state index contributed by atoms with van der Waals surface area (Å²) in [6, 6.07) is 7.93. The number of nitrogens with one attached hydrogen (secondary N) is 1. The predicted octanol–water partition coefficient (Wildman–Crippen LogP) is 3.10. The lowest BCUT2D eigenvalue weighted by molar-refractivity contribution is -0.117. The molecule has 1 fully saturated rings. The lowest BCUT2D eigenvalue weighted by atomic mass is 9.83. The van der Waals surface area contributed by atoms with E-state index in [0.29, 0.717) is 18.9 Å². The smallest absolute Gasteiger partial charge is 0.224 e. The summed E-state index contributed by atoms with van der Waals surface area (Å²) in [6.45, 7) is 0.553. The van der Waals surface area contributed by atoms with E-state index in [1.807, 2.05) is 24.3 Å². The van der Waals surface area contributed by atoms with E-state index in [-0.39, 0.29) is 24.4 Å². The zero-order valence-electron chi connectivity index (χ0n) is 12.5. The van der Waals surface area contributed by atoms with E-state index in [0.717, 1.165) is 24.1 Å². The maximum Gasteiger partial charge on any atom is 0.224 e. The van der Waals surface area contributed by atoms with Gasteiger partial charge in [0, 0.05) is 25.3 Å². The predicted molar refractivity (Wildman–Crippen MR) is 87.6 cm³/mol. The van der Waals surface area contributed by atoms with E-state index < -0.39 is 0 Å². The third-order valence-electron chi connectivity index (χ3n) is 3.94. The SMILES string of the molecule is COCc1cccc(NC(=O)CC2CCCCC2N)c1.Cl. The molecule has 1 saturated carbocycles. The molecule has 0 saturated heterocycles. The zero-order valence-corrected chi connectivity index (χ0v) is 13.3. The van der Waals surface area contributed by atoms with Gasteiger partial charge in [-0.1, -0.05) is 25.0 Å². The highest BCUT2D eigenvalue weighted by Gasteiger charge is 2.24. The number of amides is 1. The summed E-state index contributed by atoms with van der Waals surface area (Å²) in [5.74, 6) is 0.382. The Kier molecular flexibility index (Phi) is 7.72. The van der Waals surface area contributed by atoms with Gasteiger partial charge < -0.3 is 15.8 Å². The van der Waals surface area contributed by atoms with Gasteiger partial charge >= 0.3 is 0 Å². The largest absolute Gasteiger partial charge is 0.380 e. The van der Waals surface area contributed by atoms with Gasteiger partial charge in [0.15, 0.2) is 0 Å². The quantitative estimate of drug-likeness (QED) is 0.878. The lowest BCUT2D eigenvalue weighted by Crippen LogP contribution is -2.35. The number of methoxy groups -OCH3 is 1. The second-order valence-corrected chi connectivity index (χ2v) is 5.59. The van der Waals surface area contributed by atoms with Gasteiger partial charge in [-0.2, -0.15) is 0 Å². The minimum atomic E-state index is 0. The first kappa shape index (κ1) is 18.0. The maximum atomic E-state index is 12.1. The number of hydrogen-bond acceptors (Lipinski definition) is 3. The first-order valence-electron chi connectivity index (χ1n) is 7.32. The number of carbonyl (C=O) groups is 1. The monoisotopic (exact) mass is 312 g/mol. The van der Waals surface area contributed by atoms with Gasteiger partial charge in [-0.05, 0) is 36.5 Å². The van der Waals surface area contributed by atoms with Crippen molar-refractivity contribution in [2.75, 3.05) is 12.4 Å². The summed E-state index contributed by atoms with van der Waals surface area (Å²) < 4.78 is 5.09. The first-order valence-corrected chi connectivity index (χ1v) is 7.32. The molecule has 1 aliphatic rings. The molecule has 0 bridgehead atoms. The van der Waals surface area contributed by atoms with Crippen LogP contribution in [0.1, 0.15) is 37.7 Å². The molecular formula is C16H25ClN2O2. The fourth-order valence-corrected chi connectivity index (χ4v) is 2.85. The van der Waals surface area contributed by atoms with Crippen molar-refractivity contribution in [2.45, 2.75) is 44.8 Å². The Balaban J connectivity index is 0.00000220. The molecule has 0 aliphatic heterocycles. The number of nitrogens with two attached hydrogens (primary N) is 1. The number of anilines is 1. The van der Waals surface area contributed by atoms with E-state index in [4.69, 9.17) is 10.5 Å². The molecule has 1 aliphatic carbocycles. The Bertz CT molecular complexity index is 454. The average Bonchev–Trinajstić information content (AvgIpc) is 2.42. The molecule has 5 heteroatoms. The van der Waals surface area contributed by atoms with Gasteiger partial charge in [0.05, 0.1) is 6.61 Å². The van der Waals surface area contributed by atoms with Gasteiger partial charge in [-0.15, -0.1) is 12.4 Å². The van der Waals surface area contributed by atoms with Gasteiger partial charge in [-0.3, -0.25) is 4.79 Å². The number of rotatable bonds is 5. The Morgan fingerprint density at radius 3 is 2.86 bits per heavy atom. The average molecular weight is 313 g/mol. The van der Waals surface area contributed by atoms with Crippen molar-refractivity contribution < 1.29 is 9.53 Å². The summed E-state index contributed by atoms with van der Waals surface area (Å²) in [4.78, 5) is 12.1. The molecule has 2 unspecified atom stereocenters. The number of carbonyl (C=O) groups excluding carboxylic acids is 1. The third-order valence-corrected chi connectivity index (χ3v) is 3.94. The van der Waals surface area contributed by atoms with Crippen molar-refractivity contribution in [2.24, 2.45) is 11.7 Å². The van der Waals surface area contributed by atoms with Gasteiger partial charge in [0.1, 0.15) is 0 Å². The molecule has 1 aromatic carbocycles. The number of benzene rings is 1. The molecule has 2 rings (SSSR count). The summed E-state index contributed by atoms with van der Waals surface area (Å²) >= 11 is 0. The second kappa shape index (κ2) is 9.03. The van der Waals surface area contributed by atoms with Crippen molar-refractivity contribution in [3.8, 4) is 0 Å². The molecule has 0 heterocycles. The van der Waals surface area contributed by atoms with Crippen LogP contribution in [0.2, 0.25) is 0 Å². The van der Waals surface area contributed by atoms with Crippen molar-refractivity contribution in [1.29, 1.82) is 0 Å². The van der Waals surface area contributed by atoms with Crippen LogP contribution in [-0.2, 0) is 16.1 Å². The summed E-state index contributed by atoms with van der Waals surface area (Å²) in [5, 5.41) is 2.96. The van der Waals surface area contributed by atoms with Crippen molar-refractivity contribution >= 4 is 24.0 Å². The Hall–Kier alpha value is -1.10. The van der Waals surface area contributed by atoms with Crippen molar-refractivity contribution in [3.63, 3.8) is 0 Å². The van der Waals surface area contributed by atoms with E-state index in [2.05, 4.69) is 5.32 Å². The molecule has 1 amide bonds. The highest BCUT2D eigenvalue weighted by Crippen LogP contribution is 2.26. The van der Waals surface area contributed by atoms with Crippen molar-refractivity contribution in [1.82, 2.24) is 0 Å². The molecule has 0 aromatic heterocycles. The van der Waals surface area contributed by atoms with Crippen LogP contribution in [0.4, 0.5) is 5.69 Å². The molecule has 4 nitrogen and oxygen atoms in total. The fraction of sp³-hybridized carbons (Fsp3) is 0.562. The Morgan fingerprint density at radius 2 is 2.14 bits per heavy atom. The van der Waals surface area contributed by atoms with Gasteiger partial charge in [-0.25, -0.2) is 0 Å². The Morgan fingerprint density at radius 1 is 1.38 bits per heavy atom. The standard InChI is InChI=1S/C16H24N2O2.ClH/c1-20-11-12-5-4-7-14(9-12)18-16(19)10-13-6-2-3-8-15(13)17;/h4-5,7,9,13,15H,2-3,6,8,10-11,17H2,1H3,(H,18,19);1H. The highest BCUT2D eigenvalue weighted by atomic mass is 35.5. The van der Waals surface area contributed by atoms with Crippen molar-refractivity contribution in [3.05, 3.63) is 29.8 Å². The van der Waals surface area contributed by atoms with Crippen LogP contribution in [0.5, 0.6) is 0 Å². The summed E-state index contributed by atoms with van der Waals surface area (Å²) in [5.41, 5.74) is 7.97. The fourth-order valence-electron chi connectivity index (χ4n) is 2.85. The molecule has 2 atom stereocenters. The molecule has 0 radical (unpaired) electrons. The molecular weight excluding hydrogens is 288 g/mol. The summed E-state index contributed by atoms with van der Waals surface area (Å²) in [7, 11) is 1.66. The van der Waals surface area contributed by atoms with Crippen LogP contribution >= 0.6 is 12.4 Å². The topological polar surface area (TPSA) is 64.3 Å². The normalized spacial score (nSPS) is 21.4. The zero-order chi connectivity index (χ0) is 14.4. The number of ether oxygens (including phenoxy) is 1. The van der Waals surface area contributed by atoms with E-state index in [1.54, 1.807) is 7.11 Å². The van der Waals surface area contributed by atoms with Crippen LogP contribution in [-0.4, -0.2) is 19.1 Å². The van der Waals surface area contributed by atoms with E-state index >= 15 is 0 Å². The maximum absolute atomic E-state index is 12.1. The lowest BCUT2D eigenvalue weighted by Gasteiger charge is -2.27. The van der Waals surface area contributed by atoms with Gasteiger partial charge in [0.2, 0.25) is 5.91 Å². The van der Waals surface area contributed by atoms with Crippen LogP contribution in [0.3, 0.4) is 0 Å². The highest BCUT2D eigenvalue weighted by molar-refractivity contribution is 5.91.